The second kappa shape index (κ2) is 9.23. The first kappa shape index (κ1) is 22.4. The highest BCUT2D eigenvalue weighted by atomic mass is 35.5. The van der Waals surface area contributed by atoms with Crippen LogP contribution in [0, 0.1) is 5.92 Å². The molecule has 1 aliphatic heterocycles. The molecule has 2 aromatic rings. The van der Waals surface area contributed by atoms with Gasteiger partial charge in [-0.1, -0.05) is 53.0 Å². The molecule has 0 aromatic heterocycles. The van der Waals surface area contributed by atoms with E-state index in [0.717, 1.165) is 5.56 Å². The Morgan fingerprint density at radius 3 is 2.38 bits per heavy atom. The van der Waals surface area contributed by atoms with E-state index in [9.17, 15) is 13.2 Å². The molecule has 0 radical (unpaired) electrons. The van der Waals surface area contributed by atoms with Crippen LogP contribution >= 0.6 is 34.8 Å². The van der Waals surface area contributed by atoms with Crippen LogP contribution in [0.3, 0.4) is 0 Å². The Labute approximate surface area is 186 Å². The van der Waals surface area contributed by atoms with Crippen LogP contribution in [0.1, 0.15) is 18.4 Å². The van der Waals surface area contributed by atoms with Crippen molar-refractivity contribution in [1.29, 1.82) is 0 Å². The minimum atomic E-state index is -3.76. The number of hydrogen-bond donors (Lipinski definition) is 0. The third-order valence-electron chi connectivity index (χ3n) is 5.06. The SMILES string of the molecule is CN(Cc1ccccc1Cl)C(=O)C1CCN(S(=O)(=O)c2cc(Cl)ccc2Cl)CC1. The van der Waals surface area contributed by atoms with Gasteiger partial charge in [0.05, 0.1) is 5.02 Å². The molecule has 5 nitrogen and oxygen atoms in total. The summed E-state index contributed by atoms with van der Waals surface area (Å²) in [5, 5.41) is 1.05. The van der Waals surface area contributed by atoms with Gasteiger partial charge in [0.15, 0.2) is 0 Å². The monoisotopic (exact) mass is 474 g/mol. The number of halogens is 3. The van der Waals surface area contributed by atoms with Crippen LogP contribution in [-0.4, -0.2) is 43.7 Å². The number of carbonyl (C=O) groups is 1. The number of amides is 1. The van der Waals surface area contributed by atoms with Gasteiger partial charge in [-0.25, -0.2) is 8.42 Å². The smallest absolute Gasteiger partial charge is 0.244 e. The van der Waals surface area contributed by atoms with Gasteiger partial charge < -0.3 is 4.90 Å². The van der Waals surface area contributed by atoms with Crippen LogP contribution in [0.15, 0.2) is 47.4 Å². The van der Waals surface area contributed by atoms with Crippen LogP contribution in [0.25, 0.3) is 0 Å². The Morgan fingerprint density at radius 1 is 1.07 bits per heavy atom. The van der Waals surface area contributed by atoms with E-state index in [0.29, 0.717) is 29.4 Å². The maximum atomic E-state index is 12.9. The van der Waals surface area contributed by atoms with Crippen molar-refractivity contribution in [2.45, 2.75) is 24.3 Å². The predicted octanol–water partition coefficient (Wildman–Crippen LogP) is 4.71. The summed E-state index contributed by atoms with van der Waals surface area (Å²) in [5.74, 6) is -0.244. The zero-order chi connectivity index (χ0) is 21.2. The molecule has 0 bridgehead atoms. The average molecular weight is 476 g/mol. The Hall–Kier alpha value is -1.31. The fraction of sp³-hybridized carbons (Fsp3) is 0.350. The summed E-state index contributed by atoms with van der Waals surface area (Å²) < 4.78 is 27.2. The zero-order valence-electron chi connectivity index (χ0n) is 15.8. The van der Waals surface area contributed by atoms with Gasteiger partial charge in [0, 0.05) is 42.6 Å². The van der Waals surface area contributed by atoms with Crippen LogP contribution in [-0.2, 0) is 21.4 Å². The van der Waals surface area contributed by atoms with Crippen molar-refractivity contribution in [3.63, 3.8) is 0 Å². The number of nitrogens with zero attached hydrogens (tertiary/aromatic N) is 2. The Morgan fingerprint density at radius 2 is 1.72 bits per heavy atom. The molecule has 2 aromatic carbocycles. The molecule has 1 amide bonds. The highest BCUT2D eigenvalue weighted by molar-refractivity contribution is 7.89. The summed E-state index contributed by atoms with van der Waals surface area (Å²) in [6, 6.07) is 11.8. The van der Waals surface area contributed by atoms with Gasteiger partial charge in [-0.15, -0.1) is 0 Å². The quantitative estimate of drug-likeness (QED) is 0.629. The molecule has 1 saturated heterocycles. The van der Waals surface area contributed by atoms with Crippen LogP contribution < -0.4 is 0 Å². The molecule has 0 atom stereocenters. The van der Waals surface area contributed by atoms with E-state index in [4.69, 9.17) is 34.8 Å². The zero-order valence-corrected chi connectivity index (χ0v) is 18.9. The number of sulfonamides is 1. The molecule has 29 heavy (non-hydrogen) atoms. The Bertz CT molecular complexity index is 1010. The second-order valence-corrected chi connectivity index (χ2v) is 10.2. The van der Waals surface area contributed by atoms with Gasteiger partial charge >= 0.3 is 0 Å². The van der Waals surface area contributed by atoms with E-state index in [1.54, 1.807) is 24.1 Å². The standard InChI is InChI=1S/C20H21Cl3N2O3S/c1-24(13-15-4-2-3-5-17(15)22)20(26)14-8-10-25(11-9-14)29(27,28)19-12-16(21)6-7-18(19)23/h2-7,12,14H,8-11,13H2,1H3. The van der Waals surface area contributed by atoms with Crippen LogP contribution in [0.5, 0.6) is 0 Å². The lowest BCUT2D eigenvalue weighted by atomic mass is 9.96. The molecule has 1 fully saturated rings. The number of rotatable bonds is 5. The largest absolute Gasteiger partial charge is 0.341 e. The number of piperidine rings is 1. The summed E-state index contributed by atoms with van der Waals surface area (Å²) in [4.78, 5) is 14.5. The van der Waals surface area contributed by atoms with E-state index in [1.807, 2.05) is 18.2 Å². The summed E-state index contributed by atoms with van der Waals surface area (Å²) in [6.45, 7) is 0.915. The number of hydrogen-bond acceptors (Lipinski definition) is 3. The Balaban J connectivity index is 1.64. The van der Waals surface area contributed by atoms with Crippen LogP contribution in [0.4, 0.5) is 0 Å². The summed E-state index contributed by atoms with van der Waals surface area (Å²) in [6.07, 6.45) is 0.895. The summed E-state index contributed by atoms with van der Waals surface area (Å²) >= 11 is 18.2. The number of benzene rings is 2. The molecule has 1 heterocycles. The summed E-state index contributed by atoms with van der Waals surface area (Å²) in [5.41, 5.74) is 0.876. The minimum absolute atomic E-state index is 0.00715. The molecule has 156 valence electrons. The normalized spacial score (nSPS) is 16.0. The first-order valence-electron chi connectivity index (χ1n) is 9.13. The van der Waals surface area contributed by atoms with Crippen molar-refractivity contribution in [2.75, 3.05) is 20.1 Å². The van der Waals surface area contributed by atoms with Crippen molar-refractivity contribution in [3.05, 3.63) is 63.1 Å². The third kappa shape index (κ3) is 5.06. The molecule has 0 N–H and O–H groups in total. The van der Waals surface area contributed by atoms with Gasteiger partial charge in [-0.05, 0) is 42.7 Å². The highest BCUT2D eigenvalue weighted by Crippen LogP contribution is 2.31. The highest BCUT2D eigenvalue weighted by Gasteiger charge is 2.34. The van der Waals surface area contributed by atoms with Crippen molar-refractivity contribution in [3.8, 4) is 0 Å². The molecule has 0 aliphatic carbocycles. The average Bonchev–Trinajstić information content (AvgIpc) is 2.71. The molecule has 9 heteroatoms. The van der Waals surface area contributed by atoms with Crippen molar-refractivity contribution in [1.82, 2.24) is 9.21 Å². The molecule has 0 saturated carbocycles. The van der Waals surface area contributed by atoms with E-state index in [-0.39, 0.29) is 34.8 Å². The predicted molar refractivity (Wildman–Crippen MR) is 116 cm³/mol. The first-order chi connectivity index (χ1) is 13.7. The lowest BCUT2D eigenvalue weighted by Crippen LogP contribution is -2.43. The lowest BCUT2D eigenvalue weighted by Gasteiger charge is -2.32. The first-order valence-corrected chi connectivity index (χ1v) is 11.7. The Kier molecular flexibility index (Phi) is 7.12. The van der Waals surface area contributed by atoms with E-state index < -0.39 is 10.0 Å². The fourth-order valence-electron chi connectivity index (χ4n) is 3.43. The van der Waals surface area contributed by atoms with Gasteiger partial charge in [0.1, 0.15) is 4.90 Å². The van der Waals surface area contributed by atoms with Gasteiger partial charge in [-0.2, -0.15) is 4.31 Å². The van der Waals surface area contributed by atoms with Crippen molar-refractivity contribution >= 4 is 50.7 Å². The molecular weight excluding hydrogens is 455 g/mol. The summed E-state index contributed by atoms with van der Waals surface area (Å²) in [7, 11) is -2.03. The van der Waals surface area contributed by atoms with Gasteiger partial charge in [0.25, 0.3) is 0 Å². The fourth-order valence-corrected chi connectivity index (χ4v) is 5.83. The van der Waals surface area contributed by atoms with E-state index in [2.05, 4.69) is 0 Å². The van der Waals surface area contributed by atoms with Crippen molar-refractivity contribution < 1.29 is 13.2 Å². The third-order valence-corrected chi connectivity index (χ3v) is 8.04. The molecular formula is C20H21Cl3N2O3S. The van der Waals surface area contributed by atoms with E-state index >= 15 is 0 Å². The minimum Gasteiger partial charge on any atom is -0.341 e. The molecule has 1 aliphatic rings. The molecule has 0 unspecified atom stereocenters. The van der Waals surface area contributed by atoms with Crippen molar-refractivity contribution in [2.24, 2.45) is 5.92 Å². The maximum absolute atomic E-state index is 12.9. The van der Waals surface area contributed by atoms with Gasteiger partial charge in [-0.3, -0.25) is 4.79 Å². The molecule has 3 rings (SSSR count). The lowest BCUT2D eigenvalue weighted by molar-refractivity contribution is -0.135. The maximum Gasteiger partial charge on any atom is 0.244 e. The van der Waals surface area contributed by atoms with Crippen LogP contribution in [0.2, 0.25) is 15.1 Å². The number of carbonyl (C=O) groups excluding carboxylic acids is 1. The van der Waals surface area contributed by atoms with E-state index in [1.165, 1.54) is 16.4 Å². The molecule has 0 spiro atoms. The second-order valence-electron chi connectivity index (χ2n) is 7.04. The topological polar surface area (TPSA) is 57.7 Å². The van der Waals surface area contributed by atoms with Gasteiger partial charge in [0.2, 0.25) is 15.9 Å².